The van der Waals surface area contributed by atoms with Crippen molar-refractivity contribution in [2.24, 2.45) is 0 Å². The van der Waals surface area contributed by atoms with E-state index >= 15 is 0 Å². The maximum Gasteiger partial charge on any atom is 0.229 e. The first-order valence-corrected chi connectivity index (χ1v) is 7.59. The molecule has 1 atom stereocenters. The number of benzene rings is 1. The normalized spacial score (nSPS) is 11.8. The topological polar surface area (TPSA) is 66.9 Å². The number of nitrogens with one attached hydrogen (secondary N) is 2. The zero-order chi connectivity index (χ0) is 15.9. The van der Waals surface area contributed by atoms with Gasteiger partial charge in [0.15, 0.2) is 5.82 Å². The van der Waals surface area contributed by atoms with Crippen LogP contribution in [0.4, 0.5) is 11.6 Å². The van der Waals surface area contributed by atoms with Crippen molar-refractivity contribution >= 4 is 29.1 Å². The lowest BCUT2D eigenvalue weighted by Crippen LogP contribution is -2.17. The summed E-state index contributed by atoms with van der Waals surface area (Å²) in [6.07, 6.45) is 1.27. The number of hydrogen-bond donors (Lipinski definition) is 2. The molecule has 1 heterocycles. The molecule has 1 aromatic heterocycles. The Kier molecular flexibility index (Phi) is 5.72. The summed E-state index contributed by atoms with van der Waals surface area (Å²) in [4.78, 5) is 11.9. The van der Waals surface area contributed by atoms with Crippen molar-refractivity contribution in [2.75, 3.05) is 10.6 Å². The van der Waals surface area contributed by atoms with Crippen LogP contribution in [0.5, 0.6) is 0 Å². The molecule has 0 radical (unpaired) electrons. The van der Waals surface area contributed by atoms with Crippen molar-refractivity contribution in [3.8, 4) is 0 Å². The largest absolute Gasteiger partial charge is 0.366 e. The molecule has 0 spiro atoms. The minimum Gasteiger partial charge on any atom is -0.366 e. The van der Waals surface area contributed by atoms with Gasteiger partial charge >= 0.3 is 0 Å². The van der Waals surface area contributed by atoms with E-state index in [2.05, 4.69) is 34.7 Å². The van der Waals surface area contributed by atoms with Gasteiger partial charge in [0, 0.05) is 11.1 Å². The fourth-order valence-corrected chi connectivity index (χ4v) is 1.93. The van der Waals surface area contributed by atoms with Gasteiger partial charge in [-0.3, -0.25) is 4.79 Å². The number of amides is 1. The van der Waals surface area contributed by atoms with Crippen molar-refractivity contribution in [2.45, 2.75) is 32.7 Å². The number of carbonyl (C=O) groups is 1. The maximum atomic E-state index is 11.9. The van der Waals surface area contributed by atoms with Crippen molar-refractivity contribution in [1.29, 1.82) is 0 Å². The van der Waals surface area contributed by atoms with Crippen LogP contribution in [0.1, 0.15) is 25.8 Å². The first-order valence-electron chi connectivity index (χ1n) is 7.21. The van der Waals surface area contributed by atoms with Gasteiger partial charge in [-0.1, -0.05) is 30.7 Å². The Balaban J connectivity index is 1.90. The van der Waals surface area contributed by atoms with E-state index in [4.69, 9.17) is 11.6 Å². The van der Waals surface area contributed by atoms with Crippen LogP contribution in [0.15, 0.2) is 36.4 Å². The van der Waals surface area contributed by atoms with Gasteiger partial charge in [-0.25, -0.2) is 0 Å². The van der Waals surface area contributed by atoms with Crippen LogP contribution in [-0.2, 0) is 11.2 Å². The Labute approximate surface area is 135 Å². The van der Waals surface area contributed by atoms with Gasteiger partial charge in [-0.15, -0.1) is 10.2 Å². The van der Waals surface area contributed by atoms with Gasteiger partial charge in [-0.2, -0.15) is 0 Å². The first-order chi connectivity index (χ1) is 10.6. The van der Waals surface area contributed by atoms with E-state index in [1.54, 1.807) is 24.3 Å². The lowest BCUT2D eigenvalue weighted by atomic mass is 10.1. The van der Waals surface area contributed by atoms with Crippen LogP contribution in [0.3, 0.4) is 0 Å². The van der Waals surface area contributed by atoms with Gasteiger partial charge in [0.1, 0.15) is 5.82 Å². The summed E-state index contributed by atoms with van der Waals surface area (Å²) >= 11 is 5.81. The highest BCUT2D eigenvalue weighted by Gasteiger charge is 2.06. The van der Waals surface area contributed by atoms with Crippen LogP contribution < -0.4 is 10.6 Å². The van der Waals surface area contributed by atoms with Gasteiger partial charge in [0.25, 0.3) is 0 Å². The number of rotatable bonds is 6. The average Bonchev–Trinajstić information content (AvgIpc) is 2.51. The van der Waals surface area contributed by atoms with E-state index in [0.29, 0.717) is 22.7 Å². The monoisotopic (exact) mass is 318 g/mol. The third-order valence-corrected chi connectivity index (χ3v) is 3.47. The summed E-state index contributed by atoms with van der Waals surface area (Å²) in [5, 5.41) is 14.6. The Bertz CT molecular complexity index is 613. The summed E-state index contributed by atoms with van der Waals surface area (Å²) in [7, 11) is 0. The Morgan fingerprint density at radius 1 is 1.14 bits per heavy atom. The molecule has 0 bridgehead atoms. The second-order valence-corrected chi connectivity index (χ2v) is 5.55. The van der Waals surface area contributed by atoms with Gasteiger partial charge < -0.3 is 10.6 Å². The third kappa shape index (κ3) is 5.00. The molecule has 2 rings (SSSR count). The lowest BCUT2D eigenvalue weighted by Gasteiger charge is -2.11. The number of anilines is 2. The van der Waals surface area contributed by atoms with E-state index in [9.17, 15) is 4.79 Å². The second-order valence-electron chi connectivity index (χ2n) is 5.11. The predicted molar refractivity (Wildman–Crippen MR) is 89.2 cm³/mol. The average molecular weight is 319 g/mol. The summed E-state index contributed by atoms with van der Waals surface area (Å²) in [6, 6.07) is 11.0. The molecular formula is C16H19ClN4O. The molecule has 5 nitrogen and oxygen atoms in total. The number of carbonyl (C=O) groups excluding carboxylic acids is 1. The fourth-order valence-electron chi connectivity index (χ4n) is 1.81. The highest BCUT2D eigenvalue weighted by Crippen LogP contribution is 2.12. The van der Waals surface area contributed by atoms with Crippen LogP contribution in [0.2, 0.25) is 5.02 Å². The number of aromatic nitrogens is 2. The molecule has 2 aromatic rings. The van der Waals surface area contributed by atoms with E-state index in [1.165, 1.54) is 0 Å². The SMILES string of the molecule is CCC(C)Nc1ccc(NC(=O)Cc2ccc(Cl)cc2)nn1. The molecule has 0 aliphatic carbocycles. The molecule has 22 heavy (non-hydrogen) atoms. The van der Waals surface area contributed by atoms with Gasteiger partial charge in [0.05, 0.1) is 6.42 Å². The van der Waals surface area contributed by atoms with E-state index in [0.717, 1.165) is 12.0 Å². The minimum absolute atomic E-state index is 0.140. The molecule has 2 N–H and O–H groups in total. The Morgan fingerprint density at radius 3 is 2.36 bits per heavy atom. The van der Waals surface area contributed by atoms with Crippen LogP contribution in [0, 0.1) is 0 Å². The molecule has 0 saturated carbocycles. The quantitative estimate of drug-likeness (QED) is 0.855. The summed E-state index contributed by atoms with van der Waals surface area (Å²) in [5.74, 6) is 0.998. The molecule has 1 aromatic carbocycles. The smallest absolute Gasteiger partial charge is 0.229 e. The summed E-state index contributed by atoms with van der Waals surface area (Å²) in [6.45, 7) is 4.17. The molecule has 0 fully saturated rings. The second kappa shape index (κ2) is 7.75. The highest BCUT2D eigenvalue weighted by molar-refractivity contribution is 6.30. The Hall–Kier alpha value is -2.14. The Morgan fingerprint density at radius 2 is 1.77 bits per heavy atom. The lowest BCUT2D eigenvalue weighted by molar-refractivity contribution is -0.115. The standard InChI is InChI=1S/C16H19ClN4O/c1-3-11(2)18-14-8-9-15(21-20-14)19-16(22)10-12-4-6-13(17)7-5-12/h4-9,11H,3,10H2,1-2H3,(H,18,20)(H,19,21,22). The van der Waals surface area contributed by atoms with Crippen molar-refractivity contribution in [3.05, 3.63) is 47.0 Å². The van der Waals surface area contributed by atoms with Crippen molar-refractivity contribution < 1.29 is 4.79 Å². The first kappa shape index (κ1) is 16.2. The zero-order valence-corrected chi connectivity index (χ0v) is 13.4. The molecule has 1 unspecified atom stereocenters. The molecule has 0 saturated heterocycles. The third-order valence-electron chi connectivity index (χ3n) is 3.22. The summed E-state index contributed by atoms with van der Waals surface area (Å²) < 4.78 is 0. The van der Waals surface area contributed by atoms with Crippen LogP contribution in [0.25, 0.3) is 0 Å². The predicted octanol–water partition coefficient (Wildman–Crippen LogP) is 3.52. The molecule has 0 aliphatic rings. The van der Waals surface area contributed by atoms with E-state index in [-0.39, 0.29) is 12.3 Å². The maximum absolute atomic E-state index is 11.9. The van der Waals surface area contributed by atoms with E-state index in [1.807, 2.05) is 12.1 Å². The van der Waals surface area contributed by atoms with Gasteiger partial charge in [-0.05, 0) is 43.2 Å². The molecule has 1 amide bonds. The molecule has 0 aliphatic heterocycles. The highest BCUT2D eigenvalue weighted by atomic mass is 35.5. The van der Waals surface area contributed by atoms with E-state index < -0.39 is 0 Å². The van der Waals surface area contributed by atoms with Crippen molar-refractivity contribution in [1.82, 2.24) is 10.2 Å². The van der Waals surface area contributed by atoms with Gasteiger partial charge in [0.2, 0.25) is 5.91 Å². The minimum atomic E-state index is -0.140. The number of nitrogens with zero attached hydrogens (tertiary/aromatic N) is 2. The molecule has 6 heteroatoms. The summed E-state index contributed by atoms with van der Waals surface area (Å²) in [5.41, 5.74) is 0.893. The number of halogens is 1. The molecular weight excluding hydrogens is 300 g/mol. The fraction of sp³-hybridized carbons (Fsp3) is 0.312. The number of hydrogen-bond acceptors (Lipinski definition) is 4. The van der Waals surface area contributed by atoms with Crippen molar-refractivity contribution in [3.63, 3.8) is 0 Å². The molecule has 116 valence electrons. The van der Waals surface area contributed by atoms with Crippen LogP contribution >= 0.6 is 11.6 Å². The van der Waals surface area contributed by atoms with Crippen LogP contribution in [-0.4, -0.2) is 22.1 Å². The zero-order valence-electron chi connectivity index (χ0n) is 12.6.